The van der Waals surface area contributed by atoms with E-state index < -0.39 is 23.8 Å². The monoisotopic (exact) mass is 489 g/mol. The number of unbranched alkanes of at least 4 members (excludes halogenated alkanes) is 1. The Kier molecular flexibility index (Phi) is 8.34. The van der Waals surface area contributed by atoms with Gasteiger partial charge in [-0.2, -0.15) is 13.2 Å². The average Bonchev–Trinajstić information content (AvgIpc) is 2.80. The van der Waals surface area contributed by atoms with Crippen molar-refractivity contribution in [2.45, 2.75) is 38.5 Å². The summed E-state index contributed by atoms with van der Waals surface area (Å²) in [7, 11) is 0. The molecule has 0 radical (unpaired) electrons. The van der Waals surface area contributed by atoms with Crippen molar-refractivity contribution in [1.82, 2.24) is 4.98 Å². The second-order valence-electron chi connectivity index (χ2n) is 7.63. The molecule has 4 nitrogen and oxygen atoms in total. The van der Waals surface area contributed by atoms with Gasteiger partial charge in [-0.15, -0.1) is 0 Å². The predicted molar refractivity (Wildman–Crippen MR) is 126 cm³/mol. The van der Waals surface area contributed by atoms with Gasteiger partial charge < -0.3 is 9.84 Å². The zero-order valence-corrected chi connectivity index (χ0v) is 19.1. The molecular weight excluding hydrogens is 467 g/mol. The van der Waals surface area contributed by atoms with Crippen molar-refractivity contribution in [2.24, 2.45) is 0 Å². The smallest absolute Gasteiger partial charge is 0.416 e. The van der Waals surface area contributed by atoms with Crippen LogP contribution in [0.2, 0.25) is 5.02 Å². The molecule has 8 heteroatoms. The third-order valence-corrected chi connectivity index (χ3v) is 5.41. The highest BCUT2D eigenvalue weighted by molar-refractivity contribution is 6.32. The lowest BCUT2D eigenvalue weighted by Gasteiger charge is -2.20. The number of ether oxygens (including phenoxy) is 1. The Morgan fingerprint density at radius 2 is 1.88 bits per heavy atom. The third-order valence-electron chi connectivity index (χ3n) is 5.08. The van der Waals surface area contributed by atoms with Crippen LogP contribution in [0.4, 0.5) is 13.2 Å². The molecule has 2 aromatic carbocycles. The number of nitrogens with zero attached hydrogens (tertiary/aromatic N) is 1. The molecule has 3 rings (SSSR count). The van der Waals surface area contributed by atoms with E-state index in [4.69, 9.17) is 21.4 Å². The van der Waals surface area contributed by atoms with Gasteiger partial charge in [0, 0.05) is 11.6 Å². The average molecular weight is 490 g/mol. The molecule has 1 heterocycles. The Balaban J connectivity index is 1.86. The molecule has 1 N–H and O–H groups in total. The number of benzene rings is 2. The SMILES string of the molecule is CCCC[C@@H](Oc1ccc(/C=C/C(=O)O)c(Cl)c1)c1cccc(-c2ccc(C(F)(F)F)cc2)n1. The topological polar surface area (TPSA) is 59.4 Å². The summed E-state index contributed by atoms with van der Waals surface area (Å²) < 4.78 is 44.8. The van der Waals surface area contributed by atoms with E-state index in [1.54, 1.807) is 30.3 Å². The number of halogens is 4. The first-order chi connectivity index (χ1) is 16.2. The minimum Gasteiger partial charge on any atom is -0.484 e. The van der Waals surface area contributed by atoms with Crippen LogP contribution >= 0.6 is 11.6 Å². The maximum Gasteiger partial charge on any atom is 0.416 e. The Hall–Kier alpha value is -3.32. The van der Waals surface area contributed by atoms with Crippen LogP contribution in [-0.4, -0.2) is 16.1 Å². The summed E-state index contributed by atoms with van der Waals surface area (Å²) in [6.07, 6.45) is 0.111. The van der Waals surface area contributed by atoms with Crippen molar-refractivity contribution in [3.63, 3.8) is 0 Å². The van der Waals surface area contributed by atoms with Gasteiger partial charge in [0.25, 0.3) is 0 Å². The van der Waals surface area contributed by atoms with Gasteiger partial charge in [0.1, 0.15) is 11.9 Å². The van der Waals surface area contributed by atoms with Crippen molar-refractivity contribution in [1.29, 1.82) is 0 Å². The largest absolute Gasteiger partial charge is 0.484 e. The van der Waals surface area contributed by atoms with Crippen molar-refractivity contribution in [3.8, 4) is 17.0 Å². The fourth-order valence-corrected chi connectivity index (χ4v) is 3.55. The van der Waals surface area contributed by atoms with Gasteiger partial charge in [-0.05, 0) is 66.9 Å². The number of carboxylic acid groups (broad SMARTS) is 1. The van der Waals surface area contributed by atoms with Crippen LogP contribution in [0.1, 0.15) is 49.1 Å². The van der Waals surface area contributed by atoms with E-state index in [0.717, 1.165) is 31.1 Å². The summed E-state index contributed by atoms with van der Waals surface area (Å²) in [5, 5.41) is 9.13. The first-order valence-corrected chi connectivity index (χ1v) is 11.1. The summed E-state index contributed by atoms with van der Waals surface area (Å²) in [5.74, 6) is -0.574. The molecule has 0 spiro atoms. The zero-order chi connectivity index (χ0) is 24.7. The number of carboxylic acids is 1. The maximum atomic E-state index is 12.9. The van der Waals surface area contributed by atoms with Crippen LogP contribution in [-0.2, 0) is 11.0 Å². The van der Waals surface area contributed by atoms with E-state index in [0.29, 0.717) is 39.7 Å². The number of rotatable bonds is 9. The Labute approximate surface area is 200 Å². The number of pyridine rings is 1. The first-order valence-electron chi connectivity index (χ1n) is 10.7. The van der Waals surface area contributed by atoms with E-state index in [-0.39, 0.29) is 0 Å². The molecule has 34 heavy (non-hydrogen) atoms. The molecule has 1 atom stereocenters. The molecule has 0 saturated heterocycles. The second kappa shape index (κ2) is 11.2. The second-order valence-corrected chi connectivity index (χ2v) is 8.03. The first kappa shape index (κ1) is 25.3. The number of aliphatic carboxylic acids is 1. The summed E-state index contributed by atoms with van der Waals surface area (Å²) in [6.45, 7) is 2.06. The summed E-state index contributed by atoms with van der Waals surface area (Å²) >= 11 is 6.28. The normalized spacial score (nSPS) is 12.6. The lowest BCUT2D eigenvalue weighted by molar-refractivity contribution is -0.137. The van der Waals surface area contributed by atoms with Crippen molar-refractivity contribution in [2.75, 3.05) is 0 Å². The van der Waals surface area contributed by atoms with E-state index >= 15 is 0 Å². The molecule has 0 bridgehead atoms. The maximum absolute atomic E-state index is 12.9. The lowest BCUT2D eigenvalue weighted by atomic mass is 10.1. The van der Waals surface area contributed by atoms with Gasteiger partial charge in [0.15, 0.2) is 0 Å². The fourth-order valence-electron chi connectivity index (χ4n) is 3.32. The zero-order valence-electron chi connectivity index (χ0n) is 18.3. The lowest BCUT2D eigenvalue weighted by Crippen LogP contribution is -2.10. The molecule has 0 fully saturated rings. The van der Waals surface area contributed by atoms with E-state index in [9.17, 15) is 18.0 Å². The van der Waals surface area contributed by atoms with Crippen LogP contribution in [0.15, 0.2) is 66.7 Å². The summed E-state index contributed by atoms with van der Waals surface area (Å²) in [5.41, 5.74) is 1.60. The minimum absolute atomic E-state index is 0.343. The number of hydrogen-bond acceptors (Lipinski definition) is 3. The Bertz CT molecular complexity index is 1160. The van der Waals surface area contributed by atoms with E-state index in [2.05, 4.69) is 11.9 Å². The van der Waals surface area contributed by atoms with Crippen molar-refractivity contribution in [3.05, 3.63) is 88.6 Å². The molecule has 0 aliphatic heterocycles. The molecule has 0 unspecified atom stereocenters. The molecule has 0 saturated carbocycles. The van der Waals surface area contributed by atoms with Crippen molar-refractivity contribution < 1.29 is 27.8 Å². The molecule has 178 valence electrons. The standard InChI is InChI=1S/C26H23ClF3NO3/c1-2-3-7-24(34-20-14-10-17(21(27)16-20)11-15-25(32)33)23-6-4-5-22(31-23)18-8-12-19(13-9-18)26(28,29)30/h4-6,8-16,24H,2-3,7H2,1H3,(H,32,33)/b15-11+/t24-/m1/s1. The number of carbonyl (C=O) groups is 1. The van der Waals surface area contributed by atoms with Gasteiger partial charge in [0.05, 0.1) is 22.0 Å². The molecule has 3 aromatic rings. The molecule has 0 amide bonds. The predicted octanol–water partition coefficient (Wildman–Crippen LogP) is 7.83. The van der Waals surface area contributed by atoms with Gasteiger partial charge >= 0.3 is 12.1 Å². The minimum atomic E-state index is -4.40. The van der Waals surface area contributed by atoms with E-state index in [1.807, 2.05) is 6.07 Å². The highest BCUT2D eigenvalue weighted by Gasteiger charge is 2.30. The fraction of sp³-hybridized carbons (Fsp3) is 0.231. The third kappa shape index (κ3) is 6.84. The van der Waals surface area contributed by atoms with Gasteiger partial charge in [-0.3, -0.25) is 0 Å². The summed E-state index contributed by atoms with van der Waals surface area (Å²) in [4.78, 5) is 15.4. The van der Waals surface area contributed by atoms with Crippen LogP contribution in [0.25, 0.3) is 17.3 Å². The van der Waals surface area contributed by atoms with Crippen LogP contribution in [0.5, 0.6) is 5.75 Å². The van der Waals surface area contributed by atoms with Gasteiger partial charge in [-0.1, -0.05) is 43.1 Å². The highest BCUT2D eigenvalue weighted by Crippen LogP contribution is 2.32. The van der Waals surface area contributed by atoms with E-state index in [1.165, 1.54) is 18.2 Å². The van der Waals surface area contributed by atoms with Crippen molar-refractivity contribution >= 4 is 23.6 Å². The van der Waals surface area contributed by atoms with Gasteiger partial charge in [-0.25, -0.2) is 9.78 Å². The molecule has 1 aromatic heterocycles. The summed E-state index contributed by atoms with van der Waals surface area (Å²) in [6, 6.07) is 15.2. The van der Waals surface area contributed by atoms with Gasteiger partial charge in [0.2, 0.25) is 0 Å². The molecule has 0 aliphatic carbocycles. The highest BCUT2D eigenvalue weighted by atomic mass is 35.5. The molecule has 0 aliphatic rings. The van der Waals surface area contributed by atoms with Crippen LogP contribution in [0, 0.1) is 0 Å². The quantitative estimate of drug-likeness (QED) is 0.311. The number of alkyl halides is 3. The number of hydrogen-bond donors (Lipinski definition) is 1. The molecular formula is C26H23ClF3NO3. The van der Waals surface area contributed by atoms with Crippen LogP contribution in [0.3, 0.4) is 0 Å². The Morgan fingerprint density at radius 1 is 1.15 bits per heavy atom. The van der Waals surface area contributed by atoms with Crippen LogP contribution < -0.4 is 4.74 Å². The number of aromatic nitrogens is 1. The Morgan fingerprint density at radius 3 is 2.50 bits per heavy atom.